The number of ether oxygens (including phenoxy) is 1. The number of hydrazine groups is 1. The Kier molecular flexibility index (Phi) is 4.76. The lowest BCUT2D eigenvalue weighted by Gasteiger charge is -2.11. The molecule has 1 amide bonds. The highest BCUT2D eigenvalue weighted by Gasteiger charge is 2.20. The van der Waals surface area contributed by atoms with Crippen LogP contribution in [-0.2, 0) is 11.3 Å². The molecule has 108 valence electrons. The molecule has 0 bridgehead atoms. The summed E-state index contributed by atoms with van der Waals surface area (Å²) >= 11 is 0. The third-order valence-corrected chi connectivity index (χ3v) is 3.24. The summed E-state index contributed by atoms with van der Waals surface area (Å²) in [5.74, 6) is 4.98. The molecule has 3 N–H and O–H groups in total. The zero-order valence-electron chi connectivity index (χ0n) is 11.8. The van der Waals surface area contributed by atoms with Gasteiger partial charge in [0.1, 0.15) is 5.58 Å². The van der Waals surface area contributed by atoms with Crippen LogP contribution in [0, 0.1) is 0 Å². The fourth-order valence-electron chi connectivity index (χ4n) is 2.21. The number of rotatable bonds is 6. The van der Waals surface area contributed by atoms with Gasteiger partial charge in [-0.25, -0.2) is 5.84 Å². The molecule has 0 fully saturated rings. The van der Waals surface area contributed by atoms with Gasteiger partial charge in [-0.15, -0.1) is 0 Å². The van der Waals surface area contributed by atoms with Crippen molar-refractivity contribution in [1.29, 1.82) is 0 Å². The predicted octanol–water partition coefficient (Wildman–Crippen LogP) is 2.74. The summed E-state index contributed by atoms with van der Waals surface area (Å²) < 4.78 is 11.4. The number of carbonyl (C=O) groups excluding carboxylic acids is 1. The summed E-state index contributed by atoms with van der Waals surface area (Å²) in [4.78, 5) is 11.8. The molecule has 20 heavy (non-hydrogen) atoms. The quantitative estimate of drug-likeness (QED) is 0.483. The molecule has 1 heterocycles. The van der Waals surface area contributed by atoms with Crippen LogP contribution in [0.4, 0.5) is 0 Å². The van der Waals surface area contributed by atoms with Crippen LogP contribution in [0.1, 0.15) is 42.8 Å². The molecule has 0 radical (unpaired) electrons. The molecule has 0 aliphatic heterocycles. The molecule has 5 nitrogen and oxygen atoms in total. The van der Waals surface area contributed by atoms with E-state index in [1.165, 1.54) is 0 Å². The summed E-state index contributed by atoms with van der Waals surface area (Å²) in [5.41, 5.74) is 3.51. The van der Waals surface area contributed by atoms with Crippen LogP contribution in [0.5, 0.6) is 0 Å². The summed E-state index contributed by atoms with van der Waals surface area (Å²) in [5, 5.41) is 0.884. The number of hydrogen-bond donors (Lipinski definition) is 2. The molecule has 1 atom stereocenters. The van der Waals surface area contributed by atoms with Crippen molar-refractivity contribution in [3.63, 3.8) is 0 Å². The SMILES string of the molecule is CCCC(C)OCc1c(C(=O)NN)oc2ccccc12. The molecule has 0 spiro atoms. The normalized spacial score (nSPS) is 12.6. The number of hydrogen-bond acceptors (Lipinski definition) is 4. The molecule has 2 aromatic rings. The number of carbonyl (C=O) groups is 1. The molecule has 0 aliphatic rings. The molecule has 0 saturated carbocycles. The Morgan fingerprint density at radius 3 is 2.90 bits per heavy atom. The van der Waals surface area contributed by atoms with Gasteiger partial charge in [0.2, 0.25) is 0 Å². The molecule has 1 aromatic heterocycles. The Labute approximate surface area is 118 Å². The second kappa shape index (κ2) is 6.54. The predicted molar refractivity (Wildman–Crippen MR) is 77.0 cm³/mol. The van der Waals surface area contributed by atoms with Gasteiger partial charge in [0, 0.05) is 10.9 Å². The van der Waals surface area contributed by atoms with Crippen molar-refractivity contribution in [2.75, 3.05) is 0 Å². The summed E-state index contributed by atoms with van der Waals surface area (Å²) in [7, 11) is 0. The lowest BCUT2D eigenvalue weighted by atomic mass is 10.1. The van der Waals surface area contributed by atoms with Gasteiger partial charge in [-0.1, -0.05) is 31.5 Å². The first-order chi connectivity index (χ1) is 9.67. The average Bonchev–Trinajstić information content (AvgIpc) is 2.83. The van der Waals surface area contributed by atoms with E-state index in [1.807, 2.05) is 31.2 Å². The molecule has 2 rings (SSSR count). The monoisotopic (exact) mass is 276 g/mol. The minimum absolute atomic E-state index is 0.141. The Morgan fingerprint density at radius 2 is 2.20 bits per heavy atom. The van der Waals surface area contributed by atoms with Gasteiger partial charge in [0.15, 0.2) is 5.76 Å². The first-order valence-corrected chi connectivity index (χ1v) is 6.80. The van der Waals surface area contributed by atoms with Gasteiger partial charge in [-0.3, -0.25) is 10.2 Å². The van der Waals surface area contributed by atoms with E-state index in [9.17, 15) is 4.79 Å². The van der Waals surface area contributed by atoms with Gasteiger partial charge in [-0.05, 0) is 19.4 Å². The number of nitrogens with two attached hydrogens (primary N) is 1. The van der Waals surface area contributed by atoms with Crippen molar-refractivity contribution >= 4 is 16.9 Å². The van der Waals surface area contributed by atoms with Crippen molar-refractivity contribution in [3.8, 4) is 0 Å². The topological polar surface area (TPSA) is 77.5 Å². The lowest BCUT2D eigenvalue weighted by molar-refractivity contribution is 0.0465. The van der Waals surface area contributed by atoms with E-state index in [2.05, 4.69) is 12.3 Å². The fourth-order valence-corrected chi connectivity index (χ4v) is 2.21. The Hall–Kier alpha value is -1.85. The average molecular weight is 276 g/mol. The number of fused-ring (bicyclic) bond motifs is 1. The summed E-state index contributed by atoms with van der Waals surface area (Å²) in [6.45, 7) is 4.47. The number of nitrogen functional groups attached to an aromatic ring is 1. The number of nitrogens with one attached hydrogen (secondary N) is 1. The van der Waals surface area contributed by atoms with Crippen LogP contribution in [0.25, 0.3) is 11.0 Å². The van der Waals surface area contributed by atoms with Crippen molar-refractivity contribution in [2.45, 2.75) is 39.4 Å². The summed E-state index contributed by atoms with van der Waals surface area (Å²) in [6, 6.07) is 7.50. The third kappa shape index (κ3) is 3.00. The standard InChI is InChI=1S/C15H20N2O3/c1-3-6-10(2)19-9-12-11-7-4-5-8-13(11)20-14(12)15(18)17-16/h4-5,7-8,10H,3,6,9,16H2,1-2H3,(H,17,18). The van der Waals surface area contributed by atoms with E-state index in [4.69, 9.17) is 15.0 Å². The van der Waals surface area contributed by atoms with E-state index < -0.39 is 5.91 Å². The van der Waals surface area contributed by atoms with E-state index in [-0.39, 0.29) is 11.9 Å². The molecular formula is C15H20N2O3. The lowest BCUT2D eigenvalue weighted by Crippen LogP contribution is -2.30. The van der Waals surface area contributed by atoms with Crippen LogP contribution in [-0.4, -0.2) is 12.0 Å². The number of para-hydroxylation sites is 1. The Balaban J connectivity index is 2.31. The summed E-state index contributed by atoms with van der Waals surface area (Å²) in [6.07, 6.45) is 2.18. The van der Waals surface area contributed by atoms with Gasteiger partial charge < -0.3 is 9.15 Å². The smallest absolute Gasteiger partial charge is 0.301 e. The van der Waals surface area contributed by atoms with Gasteiger partial charge in [0.05, 0.1) is 12.7 Å². The minimum atomic E-state index is -0.442. The van der Waals surface area contributed by atoms with Crippen LogP contribution >= 0.6 is 0 Å². The Morgan fingerprint density at radius 1 is 1.45 bits per heavy atom. The number of amides is 1. The molecular weight excluding hydrogens is 256 g/mol. The fraction of sp³-hybridized carbons (Fsp3) is 0.400. The van der Waals surface area contributed by atoms with Crippen LogP contribution in [0.2, 0.25) is 0 Å². The molecule has 1 aromatic carbocycles. The van der Waals surface area contributed by atoms with Crippen molar-refractivity contribution < 1.29 is 13.9 Å². The zero-order chi connectivity index (χ0) is 14.5. The van der Waals surface area contributed by atoms with Gasteiger partial charge >= 0.3 is 5.91 Å². The third-order valence-electron chi connectivity index (χ3n) is 3.24. The highest BCUT2D eigenvalue weighted by Crippen LogP contribution is 2.27. The van der Waals surface area contributed by atoms with Crippen LogP contribution in [0.15, 0.2) is 28.7 Å². The van der Waals surface area contributed by atoms with Gasteiger partial charge in [-0.2, -0.15) is 0 Å². The van der Waals surface area contributed by atoms with E-state index >= 15 is 0 Å². The minimum Gasteiger partial charge on any atom is -0.450 e. The zero-order valence-corrected chi connectivity index (χ0v) is 11.8. The number of furan rings is 1. The first kappa shape index (κ1) is 14.6. The highest BCUT2D eigenvalue weighted by atomic mass is 16.5. The maximum atomic E-state index is 11.8. The largest absolute Gasteiger partial charge is 0.450 e. The van der Waals surface area contributed by atoms with Crippen LogP contribution in [0.3, 0.4) is 0 Å². The highest BCUT2D eigenvalue weighted by molar-refractivity contribution is 5.98. The van der Waals surface area contributed by atoms with E-state index in [0.29, 0.717) is 12.2 Å². The Bertz CT molecular complexity index is 592. The molecule has 0 aliphatic carbocycles. The van der Waals surface area contributed by atoms with Gasteiger partial charge in [0.25, 0.3) is 0 Å². The maximum Gasteiger partial charge on any atom is 0.301 e. The molecule has 0 saturated heterocycles. The second-order valence-corrected chi connectivity index (χ2v) is 4.79. The van der Waals surface area contributed by atoms with E-state index in [0.717, 1.165) is 23.8 Å². The molecule has 5 heteroatoms. The maximum absolute atomic E-state index is 11.8. The van der Waals surface area contributed by atoms with Crippen molar-refractivity contribution in [2.24, 2.45) is 5.84 Å². The van der Waals surface area contributed by atoms with E-state index in [1.54, 1.807) is 0 Å². The number of benzene rings is 1. The van der Waals surface area contributed by atoms with Crippen molar-refractivity contribution in [1.82, 2.24) is 5.43 Å². The molecule has 1 unspecified atom stereocenters. The second-order valence-electron chi connectivity index (χ2n) is 4.79. The first-order valence-electron chi connectivity index (χ1n) is 6.80. The van der Waals surface area contributed by atoms with Crippen LogP contribution < -0.4 is 11.3 Å². The van der Waals surface area contributed by atoms with Crippen molar-refractivity contribution in [3.05, 3.63) is 35.6 Å².